The maximum Gasteiger partial charge on any atom is 0.269 e. The van der Waals surface area contributed by atoms with Crippen LogP contribution in [0.1, 0.15) is 10.5 Å². The van der Waals surface area contributed by atoms with E-state index in [-0.39, 0.29) is 17.1 Å². The number of carbonyl (C=O) groups excluding carboxylic acids is 1. The number of anilines is 1. The summed E-state index contributed by atoms with van der Waals surface area (Å²) in [6, 6.07) is 3.91. The lowest BCUT2D eigenvalue weighted by Crippen LogP contribution is -2.12. The van der Waals surface area contributed by atoms with Crippen LogP contribution in [0.25, 0.3) is 5.69 Å². The van der Waals surface area contributed by atoms with Crippen LogP contribution in [0.2, 0.25) is 0 Å². The number of ether oxygens (including phenoxy) is 1. The Morgan fingerprint density at radius 1 is 1.50 bits per heavy atom. The molecule has 2 aromatic rings. The van der Waals surface area contributed by atoms with Gasteiger partial charge in [0, 0.05) is 18.3 Å². The van der Waals surface area contributed by atoms with E-state index >= 15 is 0 Å². The molecule has 4 N–H and O–H groups in total. The number of halogens is 1. The number of nitrogens with two attached hydrogens (primary N) is 2. The van der Waals surface area contributed by atoms with Gasteiger partial charge < -0.3 is 16.2 Å². The second-order valence-electron chi connectivity index (χ2n) is 3.56. The van der Waals surface area contributed by atoms with Gasteiger partial charge in [-0.25, -0.2) is 9.07 Å². The molecule has 0 saturated carbocycles. The summed E-state index contributed by atoms with van der Waals surface area (Å²) in [5.74, 6) is -0.938. The number of nitrogens with zero attached hydrogens (tertiary/aromatic N) is 2. The number of rotatable bonds is 3. The van der Waals surface area contributed by atoms with Crippen LogP contribution in [0.3, 0.4) is 0 Å². The number of carbonyl (C=O) groups is 1. The van der Waals surface area contributed by atoms with Crippen LogP contribution in [-0.4, -0.2) is 22.8 Å². The number of hydrogen-bond acceptors (Lipinski definition) is 4. The number of methoxy groups -OCH3 is 1. The SMILES string of the molecule is COc1cc(-n2ccc(C(N)=O)n2)c(F)cc1N. The molecule has 0 bridgehead atoms. The number of amides is 1. The summed E-state index contributed by atoms with van der Waals surface area (Å²) >= 11 is 0. The predicted molar refractivity (Wildman–Crippen MR) is 63.0 cm³/mol. The average molecular weight is 250 g/mol. The van der Waals surface area contributed by atoms with Crippen LogP contribution in [0.4, 0.5) is 10.1 Å². The van der Waals surface area contributed by atoms with Crippen molar-refractivity contribution in [3.05, 3.63) is 35.9 Å². The fourth-order valence-corrected chi connectivity index (χ4v) is 1.50. The lowest BCUT2D eigenvalue weighted by molar-refractivity contribution is 0.0995. The molecule has 0 aliphatic rings. The summed E-state index contributed by atoms with van der Waals surface area (Å²) in [7, 11) is 1.42. The zero-order chi connectivity index (χ0) is 13.3. The number of nitrogen functional groups attached to an aromatic ring is 1. The minimum atomic E-state index is -0.684. The van der Waals surface area contributed by atoms with E-state index in [1.807, 2.05) is 0 Å². The highest BCUT2D eigenvalue weighted by Crippen LogP contribution is 2.26. The standard InChI is InChI=1S/C11H11FN4O2/c1-18-10-5-9(6(12)4-7(10)13)16-3-2-8(15-16)11(14)17/h2-5H,13H2,1H3,(H2,14,17). The summed E-state index contributed by atoms with van der Waals surface area (Å²) in [6.07, 6.45) is 1.42. The Morgan fingerprint density at radius 2 is 2.22 bits per heavy atom. The van der Waals surface area contributed by atoms with E-state index in [0.29, 0.717) is 5.75 Å². The van der Waals surface area contributed by atoms with Gasteiger partial charge >= 0.3 is 0 Å². The number of hydrogen-bond donors (Lipinski definition) is 2. The predicted octanol–water partition coefficient (Wildman–Crippen LogP) is 0.701. The van der Waals surface area contributed by atoms with Crippen molar-refractivity contribution in [2.24, 2.45) is 5.73 Å². The van der Waals surface area contributed by atoms with Crippen LogP contribution in [0, 0.1) is 5.82 Å². The van der Waals surface area contributed by atoms with Crippen molar-refractivity contribution in [1.29, 1.82) is 0 Å². The fourth-order valence-electron chi connectivity index (χ4n) is 1.50. The van der Waals surface area contributed by atoms with Crippen molar-refractivity contribution in [3.8, 4) is 11.4 Å². The van der Waals surface area contributed by atoms with E-state index in [9.17, 15) is 9.18 Å². The quantitative estimate of drug-likeness (QED) is 0.784. The van der Waals surface area contributed by atoms with E-state index in [1.165, 1.54) is 30.1 Å². The Kier molecular flexibility index (Phi) is 2.88. The third-order valence-corrected chi connectivity index (χ3v) is 2.39. The van der Waals surface area contributed by atoms with Crippen molar-refractivity contribution in [1.82, 2.24) is 9.78 Å². The monoisotopic (exact) mass is 250 g/mol. The normalized spacial score (nSPS) is 10.3. The first-order valence-electron chi connectivity index (χ1n) is 5.01. The van der Waals surface area contributed by atoms with Gasteiger partial charge in [0.15, 0.2) is 5.82 Å². The molecule has 1 heterocycles. The molecule has 0 unspecified atom stereocenters. The van der Waals surface area contributed by atoms with Gasteiger partial charge in [-0.2, -0.15) is 5.10 Å². The maximum absolute atomic E-state index is 13.8. The molecule has 2 rings (SSSR count). The number of primary amides is 1. The third-order valence-electron chi connectivity index (χ3n) is 2.39. The first-order valence-corrected chi connectivity index (χ1v) is 5.01. The second-order valence-corrected chi connectivity index (χ2v) is 3.56. The molecule has 7 heteroatoms. The van der Waals surface area contributed by atoms with Gasteiger partial charge in [0.2, 0.25) is 0 Å². The van der Waals surface area contributed by atoms with Gasteiger partial charge in [0.05, 0.1) is 12.8 Å². The van der Waals surface area contributed by atoms with Crippen molar-refractivity contribution < 1.29 is 13.9 Å². The third kappa shape index (κ3) is 1.97. The molecule has 1 aromatic carbocycles. The van der Waals surface area contributed by atoms with Crippen molar-refractivity contribution >= 4 is 11.6 Å². The minimum Gasteiger partial charge on any atom is -0.495 e. The molecule has 0 fully saturated rings. The summed E-state index contributed by atoms with van der Waals surface area (Å²) < 4.78 is 19.9. The van der Waals surface area contributed by atoms with E-state index in [2.05, 4.69) is 5.10 Å². The van der Waals surface area contributed by atoms with Crippen LogP contribution in [0.15, 0.2) is 24.4 Å². The average Bonchev–Trinajstić information content (AvgIpc) is 2.78. The molecule has 0 aliphatic carbocycles. The Morgan fingerprint density at radius 3 is 2.78 bits per heavy atom. The maximum atomic E-state index is 13.8. The highest BCUT2D eigenvalue weighted by Gasteiger charge is 2.12. The van der Waals surface area contributed by atoms with E-state index < -0.39 is 11.7 Å². The zero-order valence-electron chi connectivity index (χ0n) is 9.55. The Hall–Kier alpha value is -2.57. The fraction of sp³-hybridized carbons (Fsp3) is 0.0909. The molecule has 0 aliphatic heterocycles. The van der Waals surface area contributed by atoms with Crippen LogP contribution in [-0.2, 0) is 0 Å². The molecule has 0 spiro atoms. The minimum absolute atomic E-state index is 0.0465. The Bertz CT molecular complexity index is 609. The van der Waals surface area contributed by atoms with Crippen LogP contribution in [0.5, 0.6) is 5.75 Å². The molecular weight excluding hydrogens is 239 g/mol. The van der Waals surface area contributed by atoms with Gasteiger partial charge in [-0.05, 0) is 6.07 Å². The molecule has 1 aromatic heterocycles. The van der Waals surface area contributed by atoms with E-state index in [4.69, 9.17) is 16.2 Å². The van der Waals surface area contributed by atoms with Gasteiger partial charge in [-0.1, -0.05) is 0 Å². The van der Waals surface area contributed by atoms with Gasteiger partial charge in [-0.3, -0.25) is 4.79 Å². The molecule has 94 valence electrons. The van der Waals surface area contributed by atoms with Crippen molar-refractivity contribution in [2.75, 3.05) is 12.8 Å². The lowest BCUT2D eigenvalue weighted by Gasteiger charge is -2.08. The first-order chi connectivity index (χ1) is 8.52. The summed E-state index contributed by atoms with van der Waals surface area (Å²) in [5, 5.41) is 3.85. The number of benzene rings is 1. The number of aromatic nitrogens is 2. The molecular formula is C11H11FN4O2. The van der Waals surface area contributed by atoms with Crippen molar-refractivity contribution in [2.45, 2.75) is 0 Å². The largest absolute Gasteiger partial charge is 0.495 e. The van der Waals surface area contributed by atoms with Crippen molar-refractivity contribution in [3.63, 3.8) is 0 Å². The summed E-state index contributed by atoms with van der Waals surface area (Å²) in [5.41, 5.74) is 11.0. The zero-order valence-corrected chi connectivity index (χ0v) is 9.55. The smallest absolute Gasteiger partial charge is 0.269 e. The lowest BCUT2D eigenvalue weighted by atomic mass is 10.2. The summed E-state index contributed by atoms with van der Waals surface area (Å²) in [6.45, 7) is 0. The molecule has 1 amide bonds. The highest BCUT2D eigenvalue weighted by atomic mass is 19.1. The summed E-state index contributed by atoms with van der Waals surface area (Å²) in [4.78, 5) is 10.9. The second kappa shape index (κ2) is 4.36. The molecule has 0 atom stereocenters. The molecule has 0 saturated heterocycles. The van der Waals surface area contributed by atoms with Crippen LogP contribution < -0.4 is 16.2 Å². The molecule has 6 nitrogen and oxygen atoms in total. The van der Waals surface area contributed by atoms with Gasteiger partial charge in [-0.15, -0.1) is 0 Å². The van der Waals surface area contributed by atoms with Crippen LogP contribution >= 0.6 is 0 Å². The molecule has 18 heavy (non-hydrogen) atoms. The topological polar surface area (TPSA) is 96.2 Å². The first kappa shape index (κ1) is 11.9. The van der Waals surface area contributed by atoms with E-state index in [1.54, 1.807) is 0 Å². The van der Waals surface area contributed by atoms with Gasteiger partial charge in [0.1, 0.15) is 17.1 Å². The Balaban J connectivity index is 2.52. The van der Waals surface area contributed by atoms with Gasteiger partial charge in [0.25, 0.3) is 5.91 Å². The molecule has 0 radical (unpaired) electrons. The van der Waals surface area contributed by atoms with E-state index in [0.717, 1.165) is 6.07 Å². The highest BCUT2D eigenvalue weighted by molar-refractivity contribution is 5.90. The Labute approximate surface area is 102 Å².